The van der Waals surface area contributed by atoms with Crippen LogP contribution >= 0.6 is 0 Å². The minimum atomic E-state index is -0.371. The van der Waals surface area contributed by atoms with E-state index in [0.29, 0.717) is 0 Å². The number of hydrogen-bond donors (Lipinski definition) is 1. The lowest BCUT2D eigenvalue weighted by atomic mass is 10.0. The number of fused-ring (bicyclic) bond motifs is 2. The van der Waals surface area contributed by atoms with Gasteiger partial charge in [-0.15, -0.1) is 0 Å². The predicted octanol–water partition coefficient (Wildman–Crippen LogP) is 4.68. The van der Waals surface area contributed by atoms with Crippen LogP contribution in [0.2, 0.25) is 0 Å². The van der Waals surface area contributed by atoms with E-state index in [1.165, 1.54) is 17.2 Å². The third-order valence-electron chi connectivity index (χ3n) is 4.49. The lowest BCUT2D eigenvalue weighted by Crippen LogP contribution is -2.00. The molecule has 1 heterocycles. The van der Waals surface area contributed by atoms with Crippen molar-refractivity contribution in [2.45, 2.75) is 26.2 Å². The van der Waals surface area contributed by atoms with Gasteiger partial charge in [-0.05, 0) is 49.9 Å². The monoisotopic (exact) mass is 319 g/mol. The lowest BCUT2D eigenvalue weighted by molar-refractivity contribution is -0.384. The van der Waals surface area contributed by atoms with Gasteiger partial charge in [0, 0.05) is 28.9 Å². The summed E-state index contributed by atoms with van der Waals surface area (Å²) in [6.45, 7) is 2.06. The van der Waals surface area contributed by atoms with Crippen LogP contribution in [0.15, 0.2) is 42.5 Å². The summed E-state index contributed by atoms with van der Waals surface area (Å²) in [4.78, 5) is 15.4. The number of aromatic nitrogens is 1. The molecule has 0 unspecified atom stereocenters. The fraction of sp³-hybridized carbons (Fsp3) is 0.211. The number of pyridine rings is 1. The molecule has 5 nitrogen and oxygen atoms in total. The van der Waals surface area contributed by atoms with Crippen LogP contribution in [0.5, 0.6) is 0 Å². The minimum absolute atomic E-state index is 0.0891. The second-order valence-electron chi connectivity index (χ2n) is 6.22. The van der Waals surface area contributed by atoms with Gasteiger partial charge in [0.15, 0.2) is 0 Å². The van der Waals surface area contributed by atoms with Crippen LogP contribution in [0.25, 0.3) is 10.9 Å². The molecule has 5 heteroatoms. The highest BCUT2D eigenvalue weighted by Gasteiger charge is 2.20. The molecule has 0 fully saturated rings. The van der Waals surface area contributed by atoms with Crippen molar-refractivity contribution in [3.8, 4) is 0 Å². The molecule has 0 saturated carbocycles. The smallest absolute Gasteiger partial charge is 0.271 e. The van der Waals surface area contributed by atoms with Crippen molar-refractivity contribution in [3.05, 3.63) is 69.4 Å². The van der Waals surface area contributed by atoms with Gasteiger partial charge in [-0.25, -0.2) is 0 Å². The Morgan fingerprint density at radius 1 is 1.17 bits per heavy atom. The van der Waals surface area contributed by atoms with E-state index in [4.69, 9.17) is 4.98 Å². The van der Waals surface area contributed by atoms with Gasteiger partial charge in [-0.1, -0.05) is 17.7 Å². The van der Waals surface area contributed by atoms with Gasteiger partial charge in [0.1, 0.15) is 0 Å². The first-order chi connectivity index (χ1) is 11.6. The summed E-state index contributed by atoms with van der Waals surface area (Å²) in [5.41, 5.74) is 6.37. The predicted molar refractivity (Wildman–Crippen MR) is 94.9 cm³/mol. The average molecular weight is 319 g/mol. The average Bonchev–Trinajstić information content (AvgIpc) is 3.03. The number of nitrogens with one attached hydrogen (secondary N) is 1. The van der Waals surface area contributed by atoms with Crippen molar-refractivity contribution >= 4 is 28.0 Å². The van der Waals surface area contributed by atoms with Crippen molar-refractivity contribution in [2.75, 3.05) is 5.32 Å². The Labute approximate surface area is 139 Å². The summed E-state index contributed by atoms with van der Waals surface area (Å²) < 4.78 is 0. The number of nitro benzene ring substituents is 1. The van der Waals surface area contributed by atoms with E-state index >= 15 is 0 Å². The summed E-state index contributed by atoms with van der Waals surface area (Å²) >= 11 is 0. The molecule has 3 aromatic rings. The number of benzene rings is 2. The molecule has 0 spiro atoms. The fourth-order valence-corrected chi connectivity index (χ4v) is 3.36. The molecule has 0 bridgehead atoms. The Bertz CT molecular complexity index is 966. The van der Waals surface area contributed by atoms with Crippen LogP contribution in [-0.4, -0.2) is 9.91 Å². The van der Waals surface area contributed by atoms with Gasteiger partial charge < -0.3 is 5.32 Å². The van der Waals surface area contributed by atoms with Gasteiger partial charge >= 0.3 is 0 Å². The highest BCUT2D eigenvalue weighted by Crippen LogP contribution is 2.36. The van der Waals surface area contributed by atoms with E-state index < -0.39 is 0 Å². The van der Waals surface area contributed by atoms with E-state index in [-0.39, 0.29) is 10.6 Å². The molecular weight excluding hydrogens is 302 g/mol. The van der Waals surface area contributed by atoms with E-state index in [2.05, 4.69) is 24.4 Å². The molecule has 24 heavy (non-hydrogen) atoms. The topological polar surface area (TPSA) is 68.1 Å². The molecule has 0 atom stereocenters. The highest BCUT2D eigenvalue weighted by atomic mass is 16.6. The first-order valence-electron chi connectivity index (χ1n) is 8.05. The molecule has 4 rings (SSSR count). The van der Waals surface area contributed by atoms with Gasteiger partial charge in [0.25, 0.3) is 5.69 Å². The zero-order valence-electron chi connectivity index (χ0n) is 13.4. The summed E-state index contributed by atoms with van der Waals surface area (Å²) in [6, 6.07) is 12.9. The Kier molecular flexibility index (Phi) is 3.41. The van der Waals surface area contributed by atoms with Gasteiger partial charge in [-0.3, -0.25) is 15.1 Å². The van der Waals surface area contributed by atoms with Gasteiger partial charge in [-0.2, -0.15) is 0 Å². The molecule has 1 N–H and O–H groups in total. The molecule has 0 saturated heterocycles. The number of non-ortho nitro benzene ring substituents is 1. The van der Waals surface area contributed by atoms with Crippen LogP contribution in [0.1, 0.15) is 23.2 Å². The Hall–Kier alpha value is -2.95. The molecule has 1 aliphatic carbocycles. The SMILES string of the molecule is Cc1ccc2nc3c(c(Nc4cccc([N+](=O)[O-])c4)c2c1)CCC3. The van der Waals surface area contributed by atoms with Crippen LogP contribution in [0, 0.1) is 17.0 Å². The first-order valence-corrected chi connectivity index (χ1v) is 8.05. The van der Waals surface area contributed by atoms with E-state index in [0.717, 1.165) is 47.2 Å². The Morgan fingerprint density at radius 3 is 2.88 bits per heavy atom. The van der Waals surface area contributed by atoms with Gasteiger partial charge in [0.05, 0.1) is 16.1 Å². The van der Waals surface area contributed by atoms with Crippen molar-refractivity contribution in [3.63, 3.8) is 0 Å². The number of nitrogens with zero attached hydrogens (tertiary/aromatic N) is 2. The summed E-state index contributed by atoms with van der Waals surface area (Å²) in [6.07, 6.45) is 3.08. The van der Waals surface area contributed by atoms with Crippen LogP contribution in [0.4, 0.5) is 17.1 Å². The minimum Gasteiger partial charge on any atom is -0.354 e. The molecule has 2 aromatic carbocycles. The van der Waals surface area contributed by atoms with Crippen molar-refractivity contribution < 1.29 is 4.92 Å². The number of aryl methyl sites for hydroxylation is 2. The van der Waals surface area contributed by atoms with Crippen molar-refractivity contribution in [2.24, 2.45) is 0 Å². The van der Waals surface area contributed by atoms with E-state index in [1.807, 2.05) is 12.1 Å². The van der Waals surface area contributed by atoms with Crippen LogP contribution in [-0.2, 0) is 12.8 Å². The third kappa shape index (κ3) is 2.48. The second-order valence-corrected chi connectivity index (χ2v) is 6.22. The summed E-state index contributed by atoms with van der Waals surface area (Å²) in [7, 11) is 0. The molecule has 0 aliphatic heterocycles. The molecule has 0 radical (unpaired) electrons. The van der Waals surface area contributed by atoms with Crippen LogP contribution < -0.4 is 5.32 Å². The third-order valence-corrected chi connectivity index (χ3v) is 4.49. The quantitative estimate of drug-likeness (QED) is 0.562. The Balaban J connectivity index is 1.88. The summed E-state index contributed by atoms with van der Waals surface area (Å²) in [5, 5.41) is 15.5. The molecule has 1 aromatic heterocycles. The van der Waals surface area contributed by atoms with Crippen molar-refractivity contribution in [1.82, 2.24) is 4.98 Å². The van der Waals surface area contributed by atoms with Crippen LogP contribution in [0.3, 0.4) is 0 Å². The van der Waals surface area contributed by atoms with Crippen molar-refractivity contribution in [1.29, 1.82) is 0 Å². The molecule has 120 valence electrons. The normalized spacial score (nSPS) is 13.0. The van der Waals surface area contributed by atoms with Gasteiger partial charge in [0.2, 0.25) is 0 Å². The standard InChI is InChI=1S/C19H17N3O2/c1-12-8-9-18-16(10-12)19(15-6-3-7-17(15)21-18)20-13-4-2-5-14(11-13)22(23)24/h2,4-5,8-11H,3,6-7H2,1H3,(H,20,21). The number of anilines is 2. The molecular formula is C19H17N3O2. The second kappa shape index (κ2) is 5.60. The first kappa shape index (κ1) is 14.6. The fourth-order valence-electron chi connectivity index (χ4n) is 3.36. The summed E-state index contributed by atoms with van der Waals surface area (Å²) in [5.74, 6) is 0. The molecule has 0 amide bonds. The maximum atomic E-state index is 11.0. The van der Waals surface area contributed by atoms with E-state index in [9.17, 15) is 10.1 Å². The zero-order chi connectivity index (χ0) is 16.7. The maximum absolute atomic E-state index is 11.0. The Morgan fingerprint density at radius 2 is 2.04 bits per heavy atom. The number of rotatable bonds is 3. The zero-order valence-corrected chi connectivity index (χ0v) is 13.4. The largest absolute Gasteiger partial charge is 0.354 e. The molecule has 1 aliphatic rings. The lowest BCUT2D eigenvalue weighted by Gasteiger charge is -2.15. The number of nitro groups is 1. The number of hydrogen-bond acceptors (Lipinski definition) is 4. The highest BCUT2D eigenvalue weighted by molar-refractivity contribution is 5.96. The maximum Gasteiger partial charge on any atom is 0.271 e. The van der Waals surface area contributed by atoms with E-state index in [1.54, 1.807) is 12.1 Å².